The molecule has 1 aromatic heterocycles. The monoisotopic (exact) mass is 196 g/mol. The topological polar surface area (TPSA) is 69.1 Å². The maximum atomic E-state index is 10.6. The zero-order valence-electron chi connectivity index (χ0n) is 6.45. The van der Waals surface area contributed by atoms with Gasteiger partial charge in [0.25, 0.3) is 6.01 Å². The summed E-state index contributed by atoms with van der Waals surface area (Å²) < 4.78 is 5.02. The van der Waals surface area contributed by atoms with Crippen LogP contribution in [0.15, 0.2) is 16.5 Å². The Morgan fingerprint density at radius 2 is 2.31 bits per heavy atom. The molecule has 0 aliphatic carbocycles. The highest BCUT2D eigenvalue weighted by molar-refractivity contribution is 6.31. The lowest BCUT2D eigenvalue weighted by molar-refractivity contribution is 0.112. The number of aldehydes is 1. The Morgan fingerprint density at radius 3 is 3.00 bits per heavy atom. The molecule has 0 fully saturated rings. The predicted octanol–water partition coefficient (Wildman–Crippen LogP) is 1.88. The predicted molar refractivity (Wildman–Crippen MR) is 48.8 cm³/mol. The average Bonchev–Trinajstić information content (AvgIpc) is 2.43. The van der Waals surface area contributed by atoms with Gasteiger partial charge in [0.2, 0.25) is 0 Å². The van der Waals surface area contributed by atoms with Crippen LogP contribution in [0.25, 0.3) is 11.1 Å². The maximum absolute atomic E-state index is 10.6. The molecule has 1 aromatic carbocycles. The van der Waals surface area contributed by atoms with Crippen molar-refractivity contribution in [2.45, 2.75) is 0 Å². The highest BCUT2D eigenvalue weighted by Crippen LogP contribution is 2.24. The van der Waals surface area contributed by atoms with Crippen molar-refractivity contribution in [1.29, 1.82) is 0 Å². The molecule has 0 aliphatic rings. The normalized spacial score (nSPS) is 10.5. The fourth-order valence-corrected chi connectivity index (χ4v) is 1.35. The molecule has 2 aromatic rings. The van der Waals surface area contributed by atoms with Gasteiger partial charge in [0.15, 0.2) is 11.9 Å². The molecule has 0 spiro atoms. The summed E-state index contributed by atoms with van der Waals surface area (Å²) in [5.74, 6) is 0. The van der Waals surface area contributed by atoms with E-state index in [2.05, 4.69) is 4.98 Å². The number of nitrogens with two attached hydrogens (primary N) is 1. The lowest BCUT2D eigenvalue weighted by Gasteiger charge is -1.92. The molecule has 0 amide bonds. The molecule has 1 heterocycles. The molecule has 2 N–H and O–H groups in total. The van der Waals surface area contributed by atoms with E-state index in [1.165, 1.54) is 6.07 Å². The molecular formula is C8H5ClN2O2. The molecule has 66 valence electrons. The minimum Gasteiger partial charge on any atom is -0.423 e. The second-order valence-corrected chi connectivity index (χ2v) is 2.95. The Balaban J connectivity index is 2.88. The fraction of sp³-hybridized carbons (Fsp3) is 0. The molecule has 0 saturated carbocycles. The van der Waals surface area contributed by atoms with Gasteiger partial charge in [-0.25, -0.2) is 0 Å². The second-order valence-electron chi connectivity index (χ2n) is 2.51. The van der Waals surface area contributed by atoms with Gasteiger partial charge in [0, 0.05) is 5.02 Å². The lowest BCUT2D eigenvalue weighted by Crippen LogP contribution is -1.81. The average molecular weight is 197 g/mol. The third kappa shape index (κ3) is 1.25. The lowest BCUT2D eigenvalue weighted by atomic mass is 10.2. The number of rotatable bonds is 1. The highest BCUT2D eigenvalue weighted by Gasteiger charge is 2.08. The number of oxazole rings is 1. The van der Waals surface area contributed by atoms with Crippen LogP contribution in [0.4, 0.5) is 6.01 Å². The van der Waals surface area contributed by atoms with E-state index in [1.807, 2.05) is 0 Å². The third-order valence-corrected chi connectivity index (χ3v) is 1.85. The van der Waals surface area contributed by atoms with E-state index in [0.29, 0.717) is 28.0 Å². The number of carbonyl (C=O) groups excluding carboxylic acids is 1. The van der Waals surface area contributed by atoms with Crippen LogP contribution in [0.1, 0.15) is 10.4 Å². The minimum atomic E-state index is 0.0281. The number of carbonyl (C=O) groups is 1. The Labute approximate surface area is 78.3 Å². The SMILES string of the molecule is Nc1nc2cc(Cl)cc(C=O)c2o1. The van der Waals surface area contributed by atoms with Gasteiger partial charge in [-0.3, -0.25) is 4.79 Å². The van der Waals surface area contributed by atoms with E-state index in [4.69, 9.17) is 21.8 Å². The van der Waals surface area contributed by atoms with Crippen molar-refractivity contribution in [3.8, 4) is 0 Å². The zero-order chi connectivity index (χ0) is 9.42. The second kappa shape index (κ2) is 2.74. The van der Waals surface area contributed by atoms with E-state index in [1.54, 1.807) is 6.07 Å². The van der Waals surface area contributed by atoms with E-state index >= 15 is 0 Å². The van der Waals surface area contributed by atoms with Gasteiger partial charge in [0.05, 0.1) is 5.56 Å². The number of halogens is 1. The van der Waals surface area contributed by atoms with Crippen molar-refractivity contribution >= 4 is 35.0 Å². The molecule has 0 radical (unpaired) electrons. The van der Waals surface area contributed by atoms with Crippen LogP contribution in [0.2, 0.25) is 5.02 Å². The maximum Gasteiger partial charge on any atom is 0.293 e. The van der Waals surface area contributed by atoms with Crippen LogP contribution < -0.4 is 5.73 Å². The van der Waals surface area contributed by atoms with Gasteiger partial charge in [-0.1, -0.05) is 11.6 Å². The van der Waals surface area contributed by atoms with Crippen LogP contribution in [0, 0.1) is 0 Å². The number of hydrogen-bond donors (Lipinski definition) is 1. The van der Waals surface area contributed by atoms with Gasteiger partial charge in [-0.05, 0) is 12.1 Å². The largest absolute Gasteiger partial charge is 0.423 e. The number of nitrogen functional groups attached to an aromatic ring is 1. The number of benzene rings is 1. The van der Waals surface area contributed by atoms with Gasteiger partial charge in [-0.15, -0.1) is 0 Å². The summed E-state index contributed by atoms with van der Waals surface area (Å²) >= 11 is 5.73. The van der Waals surface area contributed by atoms with Crippen molar-refractivity contribution in [3.05, 3.63) is 22.7 Å². The Bertz CT molecular complexity index is 478. The van der Waals surface area contributed by atoms with Crippen LogP contribution in [-0.4, -0.2) is 11.3 Å². The zero-order valence-corrected chi connectivity index (χ0v) is 7.21. The van der Waals surface area contributed by atoms with Gasteiger partial charge in [0.1, 0.15) is 5.52 Å². The summed E-state index contributed by atoms with van der Waals surface area (Å²) in [5, 5.41) is 0.433. The number of nitrogens with zero attached hydrogens (tertiary/aromatic N) is 1. The van der Waals surface area contributed by atoms with Crippen molar-refractivity contribution in [3.63, 3.8) is 0 Å². The molecule has 4 nitrogen and oxygen atoms in total. The van der Waals surface area contributed by atoms with Crippen LogP contribution in [-0.2, 0) is 0 Å². The minimum absolute atomic E-state index is 0.0281. The summed E-state index contributed by atoms with van der Waals surface area (Å²) in [6.45, 7) is 0. The summed E-state index contributed by atoms with van der Waals surface area (Å²) in [7, 11) is 0. The van der Waals surface area contributed by atoms with Gasteiger partial charge < -0.3 is 10.2 Å². The van der Waals surface area contributed by atoms with E-state index < -0.39 is 0 Å². The number of aromatic nitrogens is 1. The quantitative estimate of drug-likeness (QED) is 0.707. The summed E-state index contributed by atoms with van der Waals surface area (Å²) in [5.41, 5.74) is 6.55. The van der Waals surface area contributed by atoms with Crippen LogP contribution in [0.5, 0.6) is 0 Å². The van der Waals surface area contributed by atoms with Crippen LogP contribution >= 0.6 is 11.6 Å². The van der Waals surface area contributed by atoms with Crippen molar-refractivity contribution < 1.29 is 9.21 Å². The van der Waals surface area contributed by atoms with E-state index in [9.17, 15) is 4.79 Å². The smallest absolute Gasteiger partial charge is 0.293 e. The molecular weight excluding hydrogens is 192 g/mol. The Kier molecular flexibility index (Phi) is 1.70. The first-order valence-electron chi connectivity index (χ1n) is 3.51. The van der Waals surface area contributed by atoms with Crippen molar-refractivity contribution in [2.75, 3.05) is 5.73 Å². The standard InChI is InChI=1S/C8H5ClN2O2/c9-5-1-4(3-12)7-6(2-5)11-8(10)13-7/h1-3H,(H2,10,11). The summed E-state index contributed by atoms with van der Waals surface area (Å²) in [4.78, 5) is 14.4. The molecule has 0 atom stereocenters. The van der Waals surface area contributed by atoms with E-state index in [-0.39, 0.29) is 6.01 Å². The van der Waals surface area contributed by atoms with Crippen molar-refractivity contribution in [2.24, 2.45) is 0 Å². The first kappa shape index (κ1) is 8.07. The van der Waals surface area contributed by atoms with Crippen molar-refractivity contribution in [1.82, 2.24) is 4.98 Å². The first-order valence-corrected chi connectivity index (χ1v) is 3.89. The molecule has 0 saturated heterocycles. The highest BCUT2D eigenvalue weighted by atomic mass is 35.5. The van der Waals surface area contributed by atoms with E-state index in [0.717, 1.165) is 0 Å². The Hall–Kier alpha value is -1.55. The number of anilines is 1. The summed E-state index contributed by atoms with van der Waals surface area (Å²) in [6, 6.07) is 3.12. The Morgan fingerprint density at radius 1 is 1.54 bits per heavy atom. The van der Waals surface area contributed by atoms with Gasteiger partial charge in [-0.2, -0.15) is 4.98 Å². The molecule has 0 bridgehead atoms. The molecule has 5 heteroatoms. The fourth-order valence-electron chi connectivity index (χ4n) is 1.13. The molecule has 0 unspecified atom stereocenters. The third-order valence-electron chi connectivity index (χ3n) is 1.63. The molecule has 0 aliphatic heterocycles. The van der Waals surface area contributed by atoms with Crippen LogP contribution in [0.3, 0.4) is 0 Å². The number of hydrogen-bond acceptors (Lipinski definition) is 4. The summed E-state index contributed by atoms with van der Waals surface area (Å²) in [6.07, 6.45) is 0.652. The molecule has 2 rings (SSSR count). The number of fused-ring (bicyclic) bond motifs is 1. The van der Waals surface area contributed by atoms with Gasteiger partial charge >= 0.3 is 0 Å². The first-order chi connectivity index (χ1) is 6.20. The molecule has 13 heavy (non-hydrogen) atoms.